The standard InChI is InChI=1S/C27H40N4O4/c1-6-27(7-2)16-23(32)31(25(28)30-27)21(12-13-34-5)18-14-19(18)24(33)29-20-15-26(3,4)35-22-11-9-8-10-17(20)22/h8-11,18-21H,6-7,12-16H2,1-5H3,(H2,28,30)(H,29,33)/t18-,19-,20+,21?/m1/s1. The number of nitrogens with two attached hydrogens (primary N) is 1. The first-order chi connectivity index (χ1) is 16.6. The lowest BCUT2D eigenvalue weighted by atomic mass is 9.87. The van der Waals surface area contributed by atoms with Crippen molar-refractivity contribution in [2.75, 3.05) is 13.7 Å². The summed E-state index contributed by atoms with van der Waals surface area (Å²) >= 11 is 0. The number of hydrogen-bond donors (Lipinski definition) is 2. The van der Waals surface area contributed by atoms with E-state index in [-0.39, 0.29) is 47.3 Å². The van der Waals surface area contributed by atoms with Crippen LogP contribution < -0.4 is 15.8 Å². The molecule has 1 unspecified atom stereocenters. The number of amides is 2. The second-order valence-corrected chi connectivity index (χ2v) is 10.9. The number of guanidine groups is 1. The van der Waals surface area contributed by atoms with Gasteiger partial charge in [0.2, 0.25) is 11.8 Å². The highest BCUT2D eigenvalue weighted by molar-refractivity contribution is 5.99. The molecule has 1 fully saturated rings. The molecule has 1 saturated carbocycles. The predicted molar refractivity (Wildman–Crippen MR) is 135 cm³/mol. The van der Waals surface area contributed by atoms with Gasteiger partial charge in [0.15, 0.2) is 5.96 Å². The van der Waals surface area contributed by atoms with Gasteiger partial charge in [0.05, 0.1) is 18.0 Å². The molecule has 0 bridgehead atoms. The average Bonchev–Trinajstić information content (AvgIpc) is 3.60. The Morgan fingerprint density at radius 1 is 1.31 bits per heavy atom. The second-order valence-electron chi connectivity index (χ2n) is 10.9. The van der Waals surface area contributed by atoms with E-state index in [1.807, 2.05) is 52.0 Å². The third kappa shape index (κ3) is 5.17. The summed E-state index contributed by atoms with van der Waals surface area (Å²) in [6, 6.07) is 7.57. The van der Waals surface area contributed by atoms with Crippen molar-refractivity contribution in [3.8, 4) is 5.75 Å². The number of nitrogens with one attached hydrogen (secondary N) is 1. The zero-order chi connectivity index (χ0) is 25.4. The minimum Gasteiger partial charge on any atom is -0.487 e. The number of carbonyl (C=O) groups is 2. The number of fused-ring (bicyclic) bond motifs is 1. The molecule has 192 valence electrons. The number of benzene rings is 1. The fraction of sp³-hybridized carbons (Fsp3) is 0.667. The highest BCUT2D eigenvalue weighted by Gasteiger charge is 2.53. The molecule has 0 spiro atoms. The maximum absolute atomic E-state index is 13.4. The quantitative estimate of drug-likeness (QED) is 0.558. The molecule has 2 heterocycles. The lowest BCUT2D eigenvalue weighted by molar-refractivity contribution is -0.133. The van der Waals surface area contributed by atoms with Crippen molar-refractivity contribution in [3.63, 3.8) is 0 Å². The van der Waals surface area contributed by atoms with Gasteiger partial charge in [0.1, 0.15) is 11.4 Å². The van der Waals surface area contributed by atoms with Gasteiger partial charge in [-0.1, -0.05) is 32.0 Å². The largest absolute Gasteiger partial charge is 0.487 e. The Morgan fingerprint density at radius 3 is 2.69 bits per heavy atom. The first-order valence-corrected chi connectivity index (χ1v) is 12.9. The Hall–Kier alpha value is -2.61. The lowest BCUT2D eigenvalue weighted by Gasteiger charge is -2.40. The number of methoxy groups -OCH3 is 1. The molecule has 8 heteroatoms. The fourth-order valence-electron chi connectivity index (χ4n) is 5.77. The van der Waals surface area contributed by atoms with E-state index < -0.39 is 5.54 Å². The van der Waals surface area contributed by atoms with Crippen LogP contribution in [0, 0.1) is 11.8 Å². The highest BCUT2D eigenvalue weighted by Crippen LogP contribution is 2.47. The van der Waals surface area contributed by atoms with Crippen LogP contribution in [-0.2, 0) is 14.3 Å². The van der Waals surface area contributed by atoms with Crippen LogP contribution in [0.2, 0.25) is 0 Å². The van der Waals surface area contributed by atoms with Gasteiger partial charge in [-0.15, -0.1) is 0 Å². The van der Waals surface area contributed by atoms with Crippen LogP contribution in [0.3, 0.4) is 0 Å². The summed E-state index contributed by atoms with van der Waals surface area (Å²) in [6.07, 6.45) is 3.92. The van der Waals surface area contributed by atoms with Crippen LogP contribution in [0.4, 0.5) is 0 Å². The van der Waals surface area contributed by atoms with Gasteiger partial charge in [-0.05, 0) is 51.5 Å². The van der Waals surface area contributed by atoms with Crippen molar-refractivity contribution in [1.29, 1.82) is 0 Å². The molecule has 2 aliphatic heterocycles. The molecule has 8 nitrogen and oxygen atoms in total. The Bertz CT molecular complexity index is 987. The monoisotopic (exact) mass is 484 g/mol. The molecule has 0 radical (unpaired) electrons. The number of rotatable bonds is 9. The Labute approximate surface area is 208 Å². The van der Waals surface area contributed by atoms with E-state index in [0.717, 1.165) is 30.6 Å². The third-order valence-corrected chi connectivity index (χ3v) is 7.98. The molecule has 35 heavy (non-hydrogen) atoms. The first kappa shape index (κ1) is 25.5. The summed E-state index contributed by atoms with van der Waals surface area (Å²) in [5.74, 6) is 0.968. The van der Waals surface area contributed by atoms with E-state index in [1.54, 1.807) is 12.0 Å². The van der Waals surface area contributed by atoms with Crippen LogP contribution in [0.15, 0.2) is 29.3 Å². The zero-order valence-corrected chi connectivity index (χ0v) is 21.7. The fourth-order valence-corrected chi connectivity index (χ4v) is 5.77. The molecule has 4 rings (SSSR count). The van der Waals surface area contributed by atoms with Crippen molar-refractivity contribution < 1.29 is 19.1 Å². The number of hydrogen-bond acceptors (Lipinski definition) is 6. The molecular weight excluding hydrogens is 444 g/mol. The predicted octanol–water partition coefficient (Wildman–Crippen LogP) is 3.55. The maximum Gasteiger partial charge on any atom is 0.231 e. The number of nitrogens with zero attached hydrogens (tertiary/aromatic N) is 2. The Morgan fingerprint density at radius 2 is 2.03 bits per heavy atom. The molecule has 1 aromatic rings. The van der Waals surface area contributed by atoms with E-state index in [4.69, 9.17) is 20.2 Å². The number of ether oxygens (including phenoxy) is 2. The Balaban J connectivity index is 1.50. The second kappa shape index (κ2) is 9.80. The molecule has 3 N–H and O–H groups in total. The molecule has 4 atom stereocenters. The van der Waals surface area contributed by atoms with Crippen molar-refractivity contribution in [2.45, 2.75) is 89.4 Å². The summed E-state index contributed by atoms with van der Waals surface area (Å²) < 4.78 is 11.5. The highest BCUT2D eigenvalue weighted by atomic mass is 16.5. The van der Waals surface area contributed by atoms with Gasteiger partial charge in [-0.3, -0.25) is 14.5 Å². The van der Waals surface area contributed by atoms with E-state index in [9.17, 15) is 9.59 Å². The molecular formula is C27H40N4O4. The molecule has 2 amide bonds. The molecule has 0 saturated heterocycles. The number of carbonyl (C=O) groups excluding carboxylic acids is 2. The van der Waals surface area contributed by atoms with Crippen molar-refractivity contribution in [3.05, 3.63) is 29.8 Å². The number of aliphatic imine (C=N–C) groups is 1. The topological polar surface area (TPSA) is 106 Å². The van der Waals surface area contributed by atoms with Gasteiger partial charge < -0.3 is 20.5 Å². The summed E-state index contributed by atoms with van der Waals surface area (Å²) in [6.45, 7) is 8.66. The smallest absolute Gasteiger partial charge is 0.231 e. The maximum atomic E-state index is 13.4. The van der Waals surface area contributed by atoms with Gasteiger partial charge >= 0.3 is 0 Å². The molecule has 0 aromatic heterocycles. The van der Waals surface area contributed by atoms with E-state index in [1.165, 1.54) is 0 Å². The Kier molecular flexibility index (Phi) is 7.13. The van der Waals surface area contributed by atoms with E-state index >= 15 is 0 Å². The lowest BCUT2D eigenvalue weighted by Crippen LogP contribution is -2.56. The molecule has 1 aliphatic carbocycles. The summed E-state index contributed by atoms with van der Waals surface area (Å²) in [4.78, 5) is 33.1. The van der Waals surface area contributed by atoms with Gasteiger partial charge in [-0.2, -0.15) is 0 Å². The SMILES string of the molecule is CCC1(CC)CC(=O)N(C(CCOC)[C@@H]2C[C@H]2C(=O)N[C@H]2CC(C)(C)Oc3ccccc32)C(N)=N1. The number of para-hydroxylation sites is 1. The van der Waals surface area contributed by atoms with Crippen LogP contribution in [0.25, 0.3) is 0 Å². The van der Waals surface area contributed by atoms with E-state index in [0.29, 0.717) is 25.9 Å². The van der Waals surface area contributed by atoms with Crippen LogP contribution in [0.1, 0.15) is 77.8 Å². The minimum absolute atomic E-state index is 0.00605. The van der Waals surface area contributed by atoms with Crippen molar-refractivity contribution in [1.82, 2.24) is 10.2 Å². The zero-order valence-electron chi connectivity index (χ0n) is 21.7. The van der Waals surface area contributed by atoms with Crippen molar-refractivity contribution in [2.24, 2.45) is 22.6 Å². The van der Waals surface area contributed by atoms with Gasteiger partial charge in [0.25, 0.3) is 0 Å². The summed E-state index contributed by atoms with van der Waals surface area (Å²) in [5, 5.41) is 3.28. The summed E-state index contributed by atoms with van der Waals surface area (Å²) in [7, 11) is 1.65. The van der Waals surface area contributed by atoms with Crippen molar-refractivity contribution >= 4 is 17.8 Å². The molecule has 1 aromatic carbocycles. The van der Waals surface area contributed by atoms with Gasteiger partial charge in [-0.25, -0.2) is 4.99 Å². The third-order valence-electron chi connectivity index (χ3n) is 7.98. The molecule has 3 aliphatic rings. The van der Waals surface area contributed by atoms with Crippen LogP contribution in [0.5, 0.6) is 5.75 Å². The average molecular weight is 485 g/mol. The normalized spacial score (nSPS) is 27.3. The van der Waals surface area contributed by atoms with Gasteiger partial charge in [0, 0.05) is 37.7 Å². The summed E-state index contributed by atoms with van der Waals surface area (Å²) in [5.41, 5.74) is 6.60. The van der Waals surface area contributed by atoms with Crippen LogP contribution in [-0.4, -0.2) is 53.6 Å². The van der Waals surface area contributed by atoms with Crippen LogP contribution >= 0.6 is 0 Å². The van der Waals surface area contributed by atoms with E-state index in [2.05, 4.69) is 5.32 Å². The first-order valence-electron chi connectivity index (χ1n) is 12.9. The minimum atomic E-state index is -0.424.